The number of anilines is 1. The lowest BCUT2D eigenvalue weighted by Crippen LogP contribution is -2.37. The summed E-state index contributed by atoms with van der Waals surface area (Å²) in [7, 11) is 1.45. The van der Waals surface area contributed by atoms with Crippen LogP contribution in [0.5, 0.6) is 0 Å². The first-order valence-electron chi connectivity index (χ1n) is 8.16. The first-order chi connectivity index (χ1) is 12.8. The van der Waals surface area contributed by atoms with E-state index in [2.05, 4.69) is 10.3 Å². The van der Waals surface area contributed by atoms with Crippen LogP contribution in [0, 0.1) is 13.8 Å². The van der Waals surface area contributed by atoms with E-state index in [0.717, 1.165) is 11.1 Å². The predicted octanol–water partition coefficient (Wildman–Crippen LogP) is 2.61. The summed E-state index contributed by atoms with van der Waals surface area (Å²) in [6, 6.07) is 8.69. The van der Waals surface area contributed by atoms with E-state index < -0.39 is 18.5 Å². The number of aromatic nitrogens is 1. The third-order valence-corrected chi connectivity index (χ3v) is 4.08. The van der Waals surface area contributed by atoms with Crippen LogP contribution in [0.4, 0.5) is 5.69 Å². The summed E-state index contributed by atoms with van der Waals surface area (Å²) in [4.78, 5) is 41.1. The van der Waals surface area contributed by atoms with Gasteiger partial charge in [-0.15, -0.1) is 0 Å². The van der Waals surface area contributed by atoms with E-state index in [-0.39, 0.29) is 23.2 Å². The van der Waals surface area contributed by atoms with E-state index in [1.54, 1.807) is 0 Å². The highest BCUT2D eigenvalue weighted by atomic mass is 35.5. The van der Waals surface area contributed by atoms with Crippen molar-refractivity contribution in [2.45, 2.75) is 13.8 Å². The molecule has 1 aromatic carbocycles. The Labute approximate surface area is 162 Å². The van der Waals surface area contributed by atoms with Crippen molar-refractivity contribution in [3.63, 3.8) is 0 Å². The molecule has 27 heavy (non-hydrogen) atoms. The molecule has 0 fully saturated rings. The third-order valence-electron chi connectivity index (χ3n) is 3.78. The molecule has 0 aliphatic carbocycles. The van der Waals surface area contributed by atoms with Crippen LogP contribution in [0.15, 0.2) is 36.5 Å². The van der Waals surface area contributed by atoms with Gasteiger partial charge in [-0.1, -0.05) is 23.7 Å². The summed E-state index contributed by atoms with van der Waals surface area (Å²) >= 11 is 5.81. The SMILES string of the molecule is Cc1ccc(C)c(NC(=O)CN(C)C(=O)COC(=O)c2cccnc2Cl)c1. The second kappa shape index (κ2) is 9.14. The van der Waals surface area contributed by atoms with Gasteiger partial charge in [0.2, 0.25) is 5.91 Å². The maximum atomic E-state index is 12.2. The molecule has 0 aliphatic heterocycles. The molecule has 8 heteroatoms. The lowest BCUT2D eigenvalue weighted by atomic mass is 10.1. The van der Waals surface area contributed by atoms with Gasteiger partial charge in [0.25, 0.3) is 5.91 Å². The smallest absolute Gasteiger partial charge is 0.341 e. The molecule has 1 aromatic heterocycles. The monoisotopic (exact) mass is 389 g/mol. The van der Waals surface area contributed by atoms with Crippen LogP contribution in [-0.4, -0.2) is 47.9 Å². The van der Waals surface area contributed by atoms with Crippen molar-refractivity contribution in [2.24, 2.45) is 0 Å². The van der Waals surface area contributed by atoms with Gasteiger partial charge in [-0.2, -0.15) is 0 Å². The molecule has 0 atom stereocenters. The van der Waals surface area contributed by atoms with E-state index in [0.29, 0.717) is 5.69 Å². The summed E-state index contributed by atoms with van der Waals surface area (Å²) in [6.07, 6.45) is 1.44. The fourth-order valence-corrected chi connectivity index (χ4v) is 2.41. The number of pyridine rings is 1. The average Bonchev–Trinajstić information content (AvgIpc) is 2.62. The minimum Gasteiger partial charge on any atom is -0.452 e. The Morgan fingerprint density at radius 1 is 1.22 bits per heavy atom. The standard InChI is InChI=1S/C19H20ClN3O4/c1-12-6-7-13(2)15(9-12)22-16(24)10-23(3)17(25)11-27-19(26)14-5-4-8-21-18(14)20/h4-9H,10-11H2,1-3H3,(H,22,24). The molecule has 2 aromatic rings. The van der Waals surface area contributed by atoms with Gasteiger partial charge in [0.1, 0.15) is 5.15 Å². The molecule has 2 amide bonds. The number of hydrogen-bond acceptors (Lipinski definition) is 5. The minimum atomic E-state index is -0.755. The molecule has 0 saturated carbocycles. The maximum absolute atomic E-state index is 12.2. The number of likely N-dealkylation sites (N-methyl/N-ethyl adjacent to an activating group) is 1. The molecule has 2 rings (SSSR count). The van der Waals surface area contributed by atoms with Gasteiger partial charge in [-0.3, -0.25) is 9.59 Å². The summed E-state index contributed by atoms with van der Waals surface area (Å²) in [5, 5.41) is 2.77. The molecule has 0 saturated heterocycles. The Kier molecular flexibility index (Phi) is 6.90. The molecule has 0 bridgehead atoms. The highest BCUT2D eigenvalue weighted by molar-refractivity contribution is 6.32. The summed E-state index contributed by atoms with van der Waals surface area (Å²) in [5.41, 5.74) is 2.70. The zero-order chi connectivity index (χ0) is 20.0. The number of hydrogen-bond donors (Lipinski definition) is 1. The van der Waals surface area contributed by atoms with Crippen LogP contribution in [0.25, 0.3) is 0 Å². The second-order valence-corrected chi connectivity index (χ2v) is 6.39. The van der Waals surface area contributed by atoms with Crippen LogP contribution >= 0.6 is 11.6 Å². The topological polar surface area (TPSA) is 88.6 Å². The molecule has 0 aliphatic rings. The molecule has 142 valence electrons. The second-order valence-electron chi connectivity index (χ2n) is 6.03. The Bertz CT molecular complexity index is 870. The summed E-state index contributed by atoms with van der Waals surface area (Å²) < 4.78 is 4.94. The van der Waals surface area contributed by atoms with E-state index in [9.17, 15) is 14.4 Å². The molecule has 7 nitrogen and oxygen atoms in total. The number of rotatable bonds is 6. The number of aryl methyl sites for hydroxylation is 2. The quantitative estimate of drug-likeness (QED) is 0.606. The Hall–Kier alpha value is -2.93. The first kappa shape index (κ1) is 20.4. The van der Waals surface area contributed by atoms with E-state index in [4.69, 9.17) is 16.3 Å². The molecular weight excluding hydrogens is 370 g/mol. The average molecular weight is 390 g/mol. The number of nitrogens with zero attached hydrogens (tertiary/aromatic N) is 2. The number of carbonyl (C=O) groups is 3. The van der Waals surface area contributed by atoms with Crippen LogP contribution in [0.2, 0.25) is 5.15 Å². The molecule has 1 N–H and O–H groups in total. The van der Waals surface area contributed by atoms with Crippen molar-refractivity contribution in [1.82, 2.24) is 9.88 Å². The number of benzene rings is 1. The highest BCUT2D eigenvalue weighted by Crippen LogP contribution is 2.16. The predicted molar refractivity (Wildman–Crippen MR) is 102 cm³/mol. The molecule has 1 heterocycles. The van der Waals surface area contributed by atoms with Gasteiger partial charge < -0.3 is 15.0 Å². The Morgan fingerprint density at radius 3 is 2.67 bits per heavy atom. The number of ether oxygens (including phenoxy) is 1. The lowest BCUT2D eigenvalue weighted by Gasteiger charge is -2.17. The molecule has 0 unspecified atom stereocenters. The normalized spacial score (nSPS) is 10.2. The van der Waals surface area contributed by atoms with E-state index in [1.165, 1.54) is 30.3 Å². The van der Waals surface area contributed by atoms with Gasteiger partial charge in [-0.05, 0) is 43.2 Å². The van der Waals surface area contributed by atoms with Gasteiger partial charge >= 0.3 is 5.97 Å². The summed E-state index contributed by atoms with van der Waals surface area (Å²) in [6.45, 7) is 3.13. The Morgan fingerprint density at radius 2 is 1.96 bits per heavy atom. The minimum absolute atomic E-state index is 0.00351. The molecule has 0 spiro atoms. The van der Waals surface area contributed by atoms with Gasteiger partial charge in [0.05, 0.1) is 12.1 Å². The van der Waals surface area contributed by atoms with Crippen LogP contribution in [0.3, 0.4) is 0 Å². The number of nitrogens with one attached hydrogen (secondary N) is 1. The van der Waals surface area contributed by atoms with Crippen LogP contribution in [0.1, 0.15) is 21.5 Å². The van der Waals surface area contributed by atoms with Crippen LogP contribution in [-0.2, 0) is 14.3 Å². The van der Waals surface area contributed by atoms with Crippen molar-refractivity contribution in [3.8, 4) is 0 Å². The van der Waals surface area contributed by atoms with Crippen molar-refractivity contribution >= 4 is 35.1 Å². The molecule has 0 radical (unpaired) electrons. The molecular formula is C19H20ClN3O4. The zero-order valence-electron chi connectivity index (χ0n) is 15.3. The van der Waals surface area contributed by atoms with Crippen molar-refractivity contribution in [1.29, 1.82) is 0 Å². The maximum Gasteiger partial charge on any atom is 0.341 e. The van der Waals surface area contributed by atoms with Gasteiger partial charge in [-0.25, -0.2) is 9.78 Å². The van der Waals surface area contributed by atoms with Crippen molar-refractivity contribution in [2.75, 3.05) is 25.5 Å². The van der Waals surface area contributed by atoms with E-state index in [1.807, 2.05) is 32.0 Å². The van der Waals surface area contributed by atoms with Crippen molar-refractivity contribution < 1.29 is 19.1 Å². The number of carbonyl (C=O) groups excluding carboxylic acids is 3. The first-order valence-corrected chi connectivity index (χ1v) is 8.54. The third kappa shape index (κ3) is 5.79. The highest BCUT2D eigenvalue weighted by Gasteiger charge is 2.18. The zero-order valence-corrected chi connectivity index (χ0v) is 16.0. The number of amides is 2. The lowest BCUT2D eigenvalue weighted by molar-refractivity contribution is -0.136. The van der Waals surface area contributed by atoms with Gasteiger partial charge in [0, 0.05) is 18.9 Å². The van der Waals surface area contributed by atoms with Crippen molar-refractivity contribution in [3.05, 3.63) is 58.4 Å². The van der Waals surface area contributed by atoms with E-state index >= 15 is 0 Å². The number of halogens is 1. The fourth-order valence-electron chi connectivity index (χ4n) is 2.22. The van der Waals surface area contributed by atoms with Gasteiger partial charge in [0.15, 0.2) is 6.61 Å². The Balaban J connectivity index is 1.86. The number of esters is 1. The largest absolute Gasteiger partial charge is 0.452 e. The summed E-state index contributed by atoms with van der Waals surface area (Å²) in [5.74, 6) is -1.62. The fraction of sp³-hybridized carbons (Fsp3) is 0.263. The van der Waals surface area contributed by atoms with Crippen LogP contribution < -0.4 is 5.32 Å².